The number of anilines is 2. The van der Waals surface area contributed by atoms with Crippen molar-refractivity contribution in [2.75, 3.05) is 10.5 Å². The number of hydrogen-bond acceptors (Lipinski definition) is 4. The molecule has 0 heterocycles. The molecule has 0 spiro atoms. The van der Waals surface area contributed by atoms with Gasteiger partial charge in [-0.2, -0.15) is 5.26 Å². The van der Waals surface area contributed by atoms with Gasteiger partial charge in [-0.15, -0.1) is 0 Å². The molecule has 0 saturated carbocycles. The third kappa shape index (κ3) is 2.83. The van der Waals surface area contributed by atoms with Crippen molar-refractivity contribution in [2.45, 2.75) is 18.7 Å². The summed E-state index contributed by atoms with van der Waals surface area (Å²) in [7, 11) is -3.85. The molecule has 2 aromatic rings. The van der Waals surface area contributed by atoms with Gasteiger partial charge in [-0.05, 0) is 37.1 Å². The van der Waals surface area contributed by atoms with Gasteiger partial charge in [-0.25, -0.2) is 8.42 Å². The van der Waals surface area contributed by atoms with E-state index in [4.69, 9.17) is 11.0 Å². The van der Waals surface area contributed by atoms with Crippen LogP contribution in [0.3, 0.4) is 0 Å². The molecule has 2 aromatic carbocycles. The van der Waals surface area contributed by atoms with E-state index >= 15 is 0 Å². The van der Waals surface area contributed by atoms with E-state index in [0.717, 1.165) is 0 Å². The van der Waals surface area contributed by atoms with Crippen molar-refractivity contribution in [3.8, 4) is 6.07 Å². The molecule has 5 nitrogen and oxygen atoms in total. The van der Waals surface area contributed by atoms with Crippen LogP contribution >= 0.6 is 0 Å². The van der Waals surface area contributed by atoms with Crippen LogP contribution in [-0.2, 0) is 10.0 Å². The molecule has 0 saturated heterocycles. The summed E-state index contributed by atoms with van der Waals surface area (Å²) in [6.07, 6.45) is 0. The number of rotatable bonds is 3. The smallest absolute Gasteiger partial charge is 0.264 e. The molecule has 108 valence electrons. The molecule has 0 aromatic heterocycles. The van der Waals surface area contributed by atoms with Crippen LogP contribution in [0.1, 0.15) is 16.7 Å². The molecule has 0 amide bonds. The number of nitrogens with two attached hydrogens (primary N) is 1. The summed E-state index contributed by atoms with van der Waals surface area (Å²) in [4.78, 5) is 0.0374. The van der Waals surface area contributed by atoms with Crippen LogP contribution in [0, 0.1) is 25.2 Å². The van der Waals surface area contributed by atoms with Crippen LogP contribution in [0.25, 0.3) is 0 Å². The lowest BCUT2D eigenvalue weighted by Gasteiger charge is -2.14. The molecular formula is C15H15N3O2S. The molecule has 0 aliphatic carbocycles. The van der Waals surface area contributed by atoms with E-state index in [9.17, 15) is 8.42 Å². The zero-order valence-electron chi connectivity index (χ0n) is 11.7. The molecule has 2 rings (SSSR count). The monoisotopic (exact) mass is 301 g/mol. The highest BCUT2D eigenvalue weighted by molar-refractivity contribution is 7.93. The van der Waals surface area contributed by atoms with E-state index in [2.05, 4.69) is 4.72 Å². The van der Waals surface area contributed by atoms with Crippen molar-refractivity contribution >= 4 is 21.4 Å². The Morgan fingerprint density at radius 2 is 1.71 bits per heavy atom. The first kappa shape index (κ1) is 14.9. The van der Waals surface area contributed by atoms with Gasteiger partial charge >= 0.3 is 0 Å². The third-order valence-corrected chi connectivity index (χ3v) is 4.72. The Labute approximate surface area is 124 Å². The maximum atomic E-state index is 12.5. The number of aryl methyl sites for hydroxylation is 2. The lowest BCUT2D eigenvalue weighted by atomic mass is 10.1. The molecule has 3 N–H and O–H groups in total. The van der Waals surface area contributed by atoms with E-state index < -0.39 is 10.0 Å². The predicted octanol–water partition coefficient (Wildman–Crippen LogP) is 2.56. The van der Waals surface area contributed by atoms with Crippen LogP contribution in [0.2, 0.25) is 0 Å². The van der Waals surface area contributed by atoms with Crippen LogP contribution in [0.5, 0.6) is 0 Å². The number of nitrogens with one attached hydrogen (secondary N) is 1. The fourth-order valence-electron chi connectivity index (χ4n) is 2.14. The van der Waals surface area contributed by atoms with Gasteiger partial charge in [-0.1, -0.05) is 24.3 Å². The number of nitrogens with zero attached hydrogens (tertiary/aromatic N) is 1. The van der Waals surface area contributed by atoms with Gasteiger partial charge in [0.15, 0.2) is 0 Å². The maximum Gasteiger partial charge on any atom is 0.264 e. The summed E-state index contributed by atoms with van der Waals surface area (Å²) in [5.74, 6) is 0. The normalized spacial score (nSPS) is 10.9. The lowest BCUT2D eigenvalue weighted by molar-refractivity contribution is 0.601. The molecule has 0 atom stereocenters. The van der Waals surface area contributed by atoms with Gasteiger partial charge in [0, 0.05) is 0 Å². The molecule has 0 bridgehead atoms. The largest absolute Gasteiger partial charge is 0.398 e. The highest BCUT2D eigenvalue weighted by Crippen LogP contribution is 2.27. The number of hydrogen-bond donors (Lipinski definition) is 2. The fraction of sp³-hybridized carbons (Fsp3) is 0.133. The van der Waals surface area contributed by atoms with Gasteiger partial charge < -0.3 is 5.73 Å². The quantitative estimate of drug-likeness (QED) is 0.851. The fourth-order valence-corrected chi connectivity index (χ4v) is 3.57. The minimum absolute atomic E-state index is 0.0374. The number of sulfonamides is 1. The minimum atomic E-state index is -3.85. The second kappa shape index (κ2) is 5.46. The van der Waals surface area contributed by atoms with Crippen molar-refractivity contribution in [3.05, 3.63) is 53.1 Å². The summed E-state index contributed by atoms with van der Waals surface area (Å²) < 4.78 is 27.5. The first-order valence-corrected chi connectivity index (χ1v) is 7.73. The predicted molar refractivity (Wildman–Crippen MR) is 82.3 cm³/mol. The first-order valence-electron chi connectivity index (χ1n) is 6.24. The van der Waals surface area contributed by atoms with Crippen molar-refractivity contribution in [1.29, 1.82) is 5.26 Å². The van der Waals surface area contributed by atoms with Crippen molar-refractivity contribution in [3.63, 3.8) is 0 Å². The maximum absolute atomic E-state index is 12.5. The topological polar surface area (TPSA) is 96.0 Å². The third-order valence-electron chi connectivity index (χ3n) is 3.14. The Kier molecular flexibility index (Phi) is 3.87. The summed E-state index contributed by atoms with van der Waals surface area (Å²) >= 11 is 0. The van der Waals surface area contributed by atoms with Crippen molar-refractivity contribution in [2.24, 2.45) is 0 Å². The van der Waals surface area contributed by atoms with Crippen LogP contribution < -0.4 is 10.5 Å². The Morgan fingerprint density at radius 3 is 2.33 bits per heavy atom. The molecule has 0 unspecified atom stereocenters. The number of benzene rings is 2. The summed E-state index contributed by atoms with van der Waals surface area (Å²) in [6, 6.07) is 11.9. The van der Waals surface area contributed by atoms with Gasteiger partial charge in [0.25, 0.3) is 10.0 Å². The lowest BCUT2D eigenvalue weighted by Crippen LogP contribution is -2.17. The van der Waals surface area contributed by atoms with Gasteiger partial charge in [0.2, 0.25) is 0 Å². The Morgan fingerprint density at radius 1 is 1.10 bits per heavy atom. The summed E-state index contributed by atoms with van der Waals surface area (Å²) in [5.41, 5.74) is 7.76. The highest BCUT2D eigenvalue weighted by Gasteiger charge is 2.21. The zero-order chi connectivity index (χ0) is 15.6. The van der Waals surface area contributed by atoms with Crippen LogP contribution in [-0.4, -0.2) is 8.42 Å². The van der Waals surface area contributed by atoms with E-state index in [1.54, 1.807) is 44.2 Å². The standard InChI is InChI=1S/C15H15N3O2S/c1-10-5-4-8-14(12(10)9-16)18-21(19,20)15-11(2)6-3-7-13(15)17/h3-8,18H,17H2,1-2H3. The molecular weight excluding hydrogens is 286 g/mol. The molecule has 0 aliphatic rings. The van der Waals surface area contributed by atoms with E-state index in [1.807, 2.05) is 6.07 Å². The summed E-state index contributed by atoms with van der Waals surface area (Å²) in [5, 5.41) is 9.17. The van der Waals surface area contributed by atoms with E-state index in [0.29, 0.717) is 16.7 Å². The SMILES string of the molecule is Cc1cccc(NS(=O)(=O)c2c(C)cccc2N)c1C#N. The number of nitriles is 1. The summed E-state index contributed by atoms with van der Waals surface area (Å²) in [6.45, 7) is 3.42. The van der Waals surface area contributed by atoms with E-state index in [1.165, 1.54) is 6.07 Å². The van der Waals surface area contributed by atoms with Gasteiger partial charge in [-0.3, -0.25) is 4.72 Å². The van der Waals surface area contributed by atoms with Gasteiger partial charge in [0.1, 0.15) is 11.0 Å². The molecule has 21 heavy (non-hydrogen) atoms. The van der Waals surface area contributed by atoms with Crippen LogP contribution in [0.15, 0.2) is 41.3 Å². The van der Waals surface area contributed by atoms with Crippen LogP contribution in [0.4, 0.5) is 11.4 Å². The molecule has 6 heteroatoms. The first-order chi connectivity index (χ1) is 9.86. The second-order valence-electron chi connectivity index (χ2n) is 4.71. The molecule has 0 fully saturated rings. The minimum Gasteiger partial charge on any atom is -0.398 e. The highest BCUT2D eigenvalue weighted by atomic mass is 32.2. The van der Waals surface area contributed by atoms with Crippen molar-refractivity contribution < 1.29 is 8.42 Å². The average Bonchev–Trinajstić information content (AvgIpc) is 2.38. The molecule has 0 radical (unpaired) electrons. The zero-order valence-corrected chi connectivity index (χ0v) is 12.5. The Bertz CT molecular complexity index is 816. The molecule has 0 aliphatic heterocycles. The average molecular weight is 301 g/mol. The Hall–Kier alpha value is -2.52. The van der Waals surface area contributed by atoms with Gasteiger partial charge in [0.05, 0.1) is 16.9 Å². The Balaban J connectivity index is 2.54. The number of nitrogen functional groups attached to an aromatic ring is 1. The van der Waals surface area contributed by atoms with E-state index in [-0.39, 0.29) is 16.3 Å². The van der Waals surface area contributed by atoms with Crippen molar-refractivity contribution in [1.82, 2.24) is 0 Å². The second-order valence-corrected chi connectivity index (χ2v) is 6.33.